The molecule has 0 saturated carbocycles. The van der Waals surface area contributed by atoms with Crippen molar-refractivity contribution in [1.82, 2.24) is 5.32 Å². The van der Waals surface area contributed by atoms with Crippen molar-refractivity contribution in [3.8, 4) is 5.75 Å². The van der Waals surface area contributed by atoms with E-state index in [1.165, 1.54) is 6.92 Å². The summed E-state index contributed by atoms with van der Waals surface area (Å²) in [5, 5.41) is 11.3. The molecule has 1 aromatic rings. The molecule has 0 aliphatic heterocycles. The Hall–Kier alpha value is -2.04. The molecule has 1 rings (SSSR count). The highest BCUT2D eigenvalue weighted by atomic mass is 16.5. The van der Waals surface area contributed by atoms with Gasteiger partial charge >= 0.3 is 5.97 Å². The van der Waals surface area contributed by atoms with Crippen LogP contribution < -0.4 is 10.1 Å². The summed E-state index contributed by atoms with van der Waals surface area (Å²) in [4.78, 5) is 22.8. The zero-order valence-corrected chi connectivity index (χ0v) is 11.3. The molecular weight excluding hydrogens is 246 g/mol. The summed E-state index contributed by atoms with van der Waals surface area (Å²) >= 11 is 0. The molecular formula is C14H19NO4. The quantitative estimate of drug-likeness (QED) is 0.822. The van der Waals surface area contributed by atoms with Crippen molar-refractivity contribution < 1.29 is 19.4 Å². The van der Waals surface area contributed by atoms with Crippen LogP contribution in [-0.2, 0) is 9.59 Å². The summed E-state index contributed by atoms with van der Waals surface area (Å²) in [5.74, 6) is -0.953. The third-order valence-electron chi connectivity index (χ3n) is 2.97. The number of hydrogen-bond donors (Lipinski definition) is 2. The predicted molar refractivity (Wildman–Crippen MR) is 71.3 cm³/mol. The monoisotopic (exact) mass is 265 g/mol. The number of nitrogens with one attached hydrogen (secondary N) is 1. The number of carboxylic acids is 1. The van der Waals surface area contributed by atoms with Crippen LogP contribution in [0.5, 0.6) is 5.75 Å². The van der Waals surface area contributed by atoms with Crippen molar-refractivity contribution in [3.05, 3.63) is 29.8 Å². The van der Waals surface area contributed by atoms with Crippen LogP contribution in [0.25, 0.3) is 0 Å². The van der Waals surface area contributed by atoms with Gasteiger partial charge in [-0.2, -0.15) is 0 Å². The van der Waals surface area contributed by atoms with Gasteiger partial charge in [-0.25, -0.2) is 0 Å². The minimum atomic E-state index is -1.04. The Labute approximate surface area is 112 Å². The molecule has 1 aromatic carbocycles. The van der Waals surface area contributed by atoms with Crippen LogP contribution in [0.15, 0.2) is 24.3 Å². The number of rotatable bonds is 6. The maximum Gasteiger partial charge on any atom is 0.325 e. The first kappa shape index (κ1) is 15.0. The van der Waals surface area contributed by atoms with Gasteiger partial charge in [-0.3, -0.25) is 9.59 Å². The van der Waals surface area contributed by atoms with Gasteiger partial charge in [-0.05, 0) is 31.0 Å². The van der Waals surface area contributed by atoms with E-state index >= 15 is 0 Å². The summed E-state index contributed by atoms with van der Waals surface area (Å²) in [6, 6.07) is 6.31. The van der Waals surface area contributed by atoms with Crippen LogP contribution in [-0.4, -0.2) is 30.1 Å². The van der Waals surface area contributed by atoms with Crippen molar-refractivity contribution in [2.45, 2.75) is 32.2 Å². The number of ether oxygens (including phenoxy) is 1. The summed E-state index contributed by atoms with van der Waals surface area (Å²) in [6.07, 6.45) is 0.602. The van der Waals surface area contributed by atoms with Gasteiger partial charge in [-0.15, -0.1) is 0 Å². The van der Waals surface area contributed by atoms with Crippen molar-refractivity contribution in [1.29, 1.82) is 0 Å². The van der Waals surface area contributed by atoms with E-state index in [0.29, 0.717) is 6.42 Å². The van der Waals surface area contributed by atoms with Gasteiger partial charge in [0.1, 0.15) is 11.8 Å². The molecule has 0 aliphatic rings. The Balaban J connectivity index is 2.81. The highest BCUT2D eigenvalue weighted by molar-refractivity contribution is 5.87. The van der Waals surface area contributed by atoms with E-state index < -0.39 is 12.0 Å². The van der Waals surface area contributed by atoms with Gasteiger partial charge in [-0.1, -0.05) is 19.1 Å². The molecule has 0 spiro atoms. The van der Waals surface area contributed by atoms with Gasteiger partial charge in [0.05, 0.1) is 13.0 Å². The number of carbonyl (C=O) groups excluding carboxylic acids is 1. The standard InChI is InChI=1S/C14H19NO4/c1-4-12(13(16)15-9(2)14(17)18)10-5-7-11(19-3)8-6-10/h5-9,12H,4H2,1-3H3,(H,15,16)(H,17,18)/t9-,12?/m1/s1. The SMILES string of the molecule is CCC(C(=O)N[C@H](C)C(=O)O)c1ccc(OC)cc1. The fourth-order valence-corrected chi connectivity index (χ4v) is 1.78. The third kappa shape index (κ3) is 3.98. The lowest BCUT2D eigenvalue weighted by molar-refractivity contribution is -0.141. The van der Waals surface area contributed by atoms with Crippen molar-refractivity contribution in [3.63, 3.8) is 0 Å². The first-order chi connectivity index (χ1) is 8.99. The number of aliphatic carboxylic acids is 1. The summed E-state index contributed by atoms with van der Waals surface area (Å²) in [6.45, 7) is 3.33. The molecule has 19 heavy (non-hydrogen) atoms. The number of carboxylic acid groups (broad SMARTS) is 1. The van der Waals surface area contributed by atoms with E-state index in [4.69, 9.17) is 9.84 Å². The Morgan fingerprint density at radius 2 is 1.89 bits per heavy atom. The molecule has 0 radical (unpaired) electrons. The summed E-state index contributed by atoms with van der Waals surface area (Å²) in [7, 11) is 1.58. The zero-order chi connectivity index (χ0) is 14.4. The molecule has 0 fully saturated rings. The molecule has 2 N–H and O–H groups in total. The van der Waals surface area contributed by atoms with Crippen LogP contribution in [0.1, 0.15) is 31.7 Å². The first-order valence-electron chi connectivity index (χ1n) is 6.16. The lowest BCUT2D eigenvalue weighted by atomic mass is 9.95. The fourth-order valence-electron chi connectivity index (χ4n) is 1.78. The van der Waals surface area contributed by atoms with Crippen LogP contribution in [0.4, 0.5) is 0 Å². The first-order valence-corrected chi connectivity index (χ1v) is 6.16. The minimum absolute atomic E-state index is 0.275. The molecule has 0 bridgehead atoms. The smallest absolute Gasteiger partial charge is 0.325 e. The Kier molecular flexibility index (Phi) is 5.36. The maximum absolute atomic E-state index is 12.0. The van der Waals surface area contributed by atoms with E-state index in [2.05, 4.69) is 5.32 Å². The van der Waals surface area contributed by atoms with Crippen LogP contribution in [0.3, 0.4) is 0 Å². The number of carbonyl (C=O) groups is 2. The molecule has 5 heteroatoms. The van der Waals surface area contributed by atoms with E-state index in [1.54, 1.807) is 19.2 Å². The summed E-state index contributed by atoms with van der Waals surface area (Å²) in [5.41, 5.74) is 0.846. The van der Waals surface area contributed by atoms with Crippen LogP contribution in [0, 0.1) is 0 Å². The molecule has 1 unspecified atom stereocenters. The van der Waals surface area contributed by atoms with E-state index in [0.717, 1.165) is 11.3 Å². The van der Waals surface area contributed by atoms with Gasteiger partial charge in [0.15, 0.2) is 0 Å². The normalized spacial score (nSPS) is 13.4. The topological polar surface area (TPSA) is 75.6 Å². The van der Waals surface area contributed by atoms with E-state index in [1.807, 2.05) is 19.1 Å². The van der Waals surface area contributed by atoms with Gasteiger partial charge in [0.2, 0.25) is 5.91 Å². The predicted octanol–water partition coefficient (Wildman–Crippen LogP) is 1.78. The molecule has 2 atom stereocenters. The maximum atomic E-state index is 12.0. The average Bonchev–Trinajstić information content (AvgIpc) is 2.40. The Bertz CT molecular complexity index is 441. The highest BCUT2D eigenvalue weighted by Crippen LogP contribution is 2.22. The average molecular weight is 265 g/mol. The molecule has 0 aliphatic carbocycles. The van der Waals surface area contributed by atoms with Crippen LogP contribution >= 0.6 is 0 Å². The molecule has 104 valence electrons. The number of benzene rings is 1. The number of amides is 1. The zero-order valence-electron chi connectivity index (χ0n) is 11.3. The van der Waals surface area contributed by atoms with Gasteiger partial charge in [0, 0.05) is 0 Å². The van der Waals surface area contributed by atoms with E-state index in [-0.39, 0.29) is 11.8 Å². The fraction of sp³-hybridized carbons (Fsp3) is 0.429. The Morgan fingerprint density at radius 1 is 1.32 bits per heavy atom. The molecule has 1 amide bonds. The van der Waals surface area contributed by atoms with Crippen LogP contribution in [0.2, 0.25) is 0 Å². The second kappa shape index (κ2) is 6.78. The lowest BCUT2D eigenvalue weighted by Crippen LogP contribution is -2.40. The largest absolute Gasteiger partial charge is 0.497 e. The lowest BCUT2D eigenvalue weighted by Gasteiger charge is -2.17. The van der Waals surface area contributed by atoms with Crippen molar-refractivity contribution in [2.24, 2.45) is 0 Å². The second-order valence-corrected chi connectivity index (χ2v) is 4.30. The van der Waals surface area contributed by atoms with E-state index in [9.17, 15) is 9.59 Å². The van der Waals surface area contributed by atoms with Gasteiger partial charge in [0.25, 0.3) is 0 Å². The van der Waals surface area contributed by atoms with Crippen molar-refractivity contribution >= 4 is 11.9 Å². The third-order valence-corrected chi connectivity index (χ3v) is 2.97. The second-order valence-electron chi connectivity index (χ2n) is 4.30. The molecule has 0 saturated heterocycles. The number of methoxy groups -OCH3 is 1. The minimum Gasteiger partial charge on any atom is -0.497 e. The van der Waals surface area contributed by atoms with Gasteiger partial charge < -0.3 is 15.2 Å². The van der Waals surface area contributed by atoms with Crippen molar-refractivity contribution in [2.75, 3.05) is 7.11 Å². The molecule has 0 aromatic heterocycles. The number of hydrogen-bond acceptors (Lipinski definition) is 3. The molecule has 5 nitrogen and oxygen atoms in total. The summed E-state index contributed by atoms with van der Waals surface area (Å²) < 4.78 is 5.06. The highest BCUT2D eigenvalue weighted by Gasteiger charge is 2.22. The Morgan fingerprint density at radius 3 is 2.32 bits per heavy atom. The molecule has 0 heterocycles.